The molecule has 0 bridgehead atoms. The molecule has 0 spiro atoms. The highest BCUT2D eigenvalue weighted by molar-refractivity contribution is 5.86. The molecule has 2 rings (SSSR count). The van der Waals surface area contributed by atoms with Crippen LogP contribution in [0.25, 0.3) is 0 Å². The topological polar surface area (TPSA) is 61.4 Å². The molecule has 5 heteroatoms. The van der Waals surface area contributed by atoms with Gasteiger partial charge in [0.2, 0.25) is 11.8 Å². The fourth-order valence-corrected chi connectivity index (χ4v) is 2.93. The number of amides is 2. The molecule has 2 aliphatic rings. The van der Waals surface area contributed by atoms with Crippen LogP contribution in [0.15, 0.2) is 0 Å². The van der Waals surface area contributed by atoms with Gasteiger partial charge in [0.15, 0.2) is 0 Å². The van der Waals surface area contributed by atoms with Gasteiger partial charge in [-0.25, -0.2) is 0 Å². The Morgan fingerprint density at radius 3 is 2.68 bits per heavy atom. The fourth-order valence-electron chi connectivity index (χ4n) is 2.93. The van der Waals surface area contributed by atoms with Crippen LogP contribution in [0.3, 0.4) is 0 Å². The van der Waals surface area contributed by atoms with Gasteiger partial charge in [0.25, 0.3) is 0 Å². The van der Waals surface area contributed by atoms with E-state index in [0.29, 0.717) is 6.04 Å². The van der Waals surface area contributed by atoms with Crippen molar-refractivity contribution in [2.24, 2.45) is 5.92 Å². The van der Waals surface area contributed by atoms with Crippen LogP contribution in [-0.2, 0) is 9.59 Å². The van der Waals surface area contributed by atoms with E-state index in [9.17, 15) is 9.59 Å². The summed E-state index contributed by atoms with van der Waals surface area (Å²) in [7, 11) is 0. The molecule has 0 saturated carbocycles. The van der Waals surface area contributed by atoms with Crippen molar-refractivity contribution in [1.82, 2.24) is 15.5 Å². The van der Waals surface area contributed by atoms with E-state index in [2.05, 4.69) is 17.6 Å². The maximum atomic E-state index is 12.0. The van der Waals surface area contributed by atoms with Crippen LogP contribution in [0.1, 0.15) is 39.0 Å². The summed E-state index contributed by atoms with van der Waals surface area (Å²) in [6.45, 7) is 4.84. The lowest BCUT2D eigenvalue weighted by atomic mass is 9.92. The highest BCUT2D eigenvalue weighted by Gasteiger charge is 2.25. The SMILES string of the molecule is C[C@H]1C[C@@H](C(=O)NCC(=O)N2CCCCC2)CCN1. The zero-order valence-electron chi connectivity index (χ0n) is 11.8. The van der Waals surface area contributed by atoms with Crippen molar-refractivity contribution in [3.05, 3.63) is 0 Å². The molecule has 2 N–H and O–H groups in total. The van der Waals surface area contributed by atoms with Gasteiger partial charge in [0, 0.05) is 25.0 Å². The Morgan fingerprint density at radius 1 is 1.26 bits per heavy atom. The Balaban J connectivity index is 1.71. The standard InChI is InChI=1S/C14H25N3O2/c1-11-9-12(5-6-15-11)14(19)16-10-13(18)17-7-3-2-4-8-17/h11-12,15H,2-10H2,1H3,(H,16,19)/t11-,12-/m0/s1. The van der Waals surface area contributed by atoms with Crippen LogP contribution in [0, 0.1) is 5.92 Å². The third-order valence-electron chi connectivity index (χ3n) is 4.12. The quantitative estimate of drug-likeness (QED) is 0.783. The molecule has 0 aromatic carbocycles. The zero-order valence-corrected chi connectivity index (χ0v) is 11.8. The molecular formula is C14H25N3O2. The highest BCUT2D eigenvalue weighted by Crippen LogP contribution is 2.16. The maximum Gasteiger partial charge on any atom is 0.241 e. The van der Waals surface area contributed by atoms with Gasteiger partial charge < -0.3 is 15.5 Å². The second-order valence-corrected chi connectivity index (χ2v) is 5.74. The Labute approximate surface area is 115 Å². The van der Waals surface area contributed by atoms with Gasteiger partial charge in [-0.2, -0.15) is 0 Å². The average Bonchev–Trinajstić information content (AvgIpc) is 2.45. The summed E-state index contributed by atoms with van der Waals surface area (Å²) in [5, 5.41) is 6.14. The second kappa shape index (κ2) is 6.89. The van der Waals surface area contributed by atoms with E-state index in [-0.39, 0.29) is 24.3 Å². The Kier molecular flexibility index (Phi) is 5.19. The molecule has 0 aromatic rings. The van der Waals surface area contributed by atoms with Crippen molar-refractivity contribution < 1.29 is 9.59 Å². The molecule has 2 saturated heterocycles. The first-order valence-electron chi connectivity index (χ1n) is 7.45. The van der Waals surface area contributed by atoms with Crippen LogP contribution >= 0.6 is 0 Å². The molecule has 0 aliphatic carbocycles. The third-order valence-corrected chi connectivity index (χ3v) is 4.12. The summed E-state index contributed by atoms with van der Waals surface area (Å²) in [4.78, 5) is 25.8. The predicted octanol–water partition coefficient (Wildman–Crippen LogP) is 0.503. The van der Waals surface area contributed by atoms with Gasteiger partial charge in [-0.1, -0.05) is 0 Å². The molecule has 2 fully saturated rings. The van der Waals surface area contributed by atoms with Gasteiger partial charge >= 0.3 is 0 Å². The Morgan fingerprint density at radius 2 is 2.00 bits per heavy atom. The number of carbonyl (C=O) groups is 2. The molecule has 19 heavy (non-hydrogen) atoms. The molecule has 2 aliphatic heterocycles. The smallest absolute Gasteiger partial charge is 0.241 e. The lowest BCUT2D eigenvalue weighted by Gasteiger charge is -2.29. The van der Waals surface area contributed by atoms with Crippen LogP contribution in [0.4, 0.5) is 0 Å². The first-order chi connectivity index (χ1) is 9.16. The first-order valence-corrected chi connectivity index (χ1v) is 7.45. The number of rotatable bonds is 3. The minimum Gasteiger partial charge on any atom is -0.347 e. The molecule has 0 aromatic heterocycles. The van der Waals surface area contributed by atoms with E-state index >= 15 is 0 Å². The number of hydrogen-bond donors (Lipinski definition) is 2. The van der Waals surface area contributed by atoms with Crippen molar-refractivity contribution in [1.29, 1.82) is 0 Å². The molecule has 0 unspecified atom stereocenters. The van der Waals surface area contributed by atoms with E-state index in [4.69, 9.17) is 0 Å². The predicted molar refractivity (Wildman–Crippen MR) is 73.6 cm³/mol. The molecule has 2 amide bonds. The van der Waals surface area contributed by atoms with Crippen LogP contribution < -0.4 is 10.6 Å². The summed E-state index contributed by atoms with van der Waals surface area (Å²) in [6, 6.07) is 0.391. The number of piperidine rings is 2. The number of hydrogen-bond acceptors (Lipinski definition) is 3. The monoisotopic (exact) mass is 267 g/mol. The second-order valence-electron chi connectivity index (χ2n) is 5.74. The van der Waals surface area contributed by atoms with E-state index in [0.717, 1.165) is 45.3 Å². The van der Waals surface area contributed by atoms with Gasteiger partial charge in [0.1, 0.15) is 0 Å². The highest BCUT2D eigenvalue weighted by atomic mass is 16.2. The minimum absolute atomic E-state index is 0.0405. The molecular weight excluding hydrogens is 242 g/mol. The number of nitrogens with zero attached hydrogens (tertiary/aromatic N) is 1. The van der Waals surface area contributed by atoms with E-state index < -0.39 is 0 Å². The van der Waals surface area contributed by atoms with Crippen LogP contribution in [0.5, 0.6) is 0 Å². The van der Waals surface area contributed by atoms with E-state index in [1.165, 1.54) is 6.42 Å². The van der Waals surface area contributed by atoms with Crippen molar-refractivity contribution in [2.75, 3.05) is 26.2 Å². The lowest BCUT2D eigenvalue weighted by Crippen LogP contribution is -2.46. The number of carbonyl (C=O) groups excluding carboxylic acids is 2. The van der Waals surface area contributed by atoms with E-state index in [1.807, 2.05) is 4.90 Å². The van der Waals surface area contributed by atoms with Crippen molar-refractivity contribution in [3.8, 4) is 0 Å². The minimum atomic E-state index is 0.0405. The molecule has 108 valence electrons. The molecule has 5 nitrogen and oxygen atoms in total. The largest absolute Gasteiger partial charge is 0.347 e. The van der Waals surface area contributed by atoms with Crippen LogP contribution in [-0.4, -0.2) is 48.9 Å². The van der Waals surface area contributed by atoms with E-state index in [1.54, 1.807) is 0 Å². The van der Waals surface area contributed by atoms with Gasteiger partial charge in [0.05, 0.1) is 6.54 Å². The van der Waals surface area contributed by atoms with Gasteiger partial charge in [-0.3, -0.25) is 9.59 Å². The third kappa shape index (κ3) is 4.20. The fraction of sp³-hybridized carbons (Fsp3) is 0.857. The molecule has 0 radical (unpaired) electrons. The van der Waals surface area contributed by atoms with Crippen molar-refractivity contribution >= 4 is 11.8 Å². The zero-order chi connectivity index (χ0) is 13.7. The molecule has 2 heterocycles. The van der Waals surface area contributed by atoms with Gasteiger partial charge in [-0.05, 0) is 45.6 Å². The summed E-state index contributed by atoms with van der Waals surface area (Å²) < 4.78 is 0. The summed E-state index contributed by atoms with van der Waals surface area (Å²) >= 11 is 0. The summed E-state index contributed by atoms with van der Waals surface area (Å²) in [5.41, 5.74) is 0. The maximum absolute atomic E-state index is 12.0. The van der Waals surface area contributed by atoms with Crippen molar-refractivity contribution in [3.63, 3.8) is 0 Å². The first kappa shape index (κ1) is 14.3. The average molecular weight is 267 g/mol. The summed E-state index contributed by atoms with van der Waals surface area (Å²) in [5.74, 6) is 0.166. The van der Waals surface area contributed by atoms with Crippen molar-refractivity contribution in [2.45, 2.75) is 45.1 Å². The Hall–Kier alpha value is -1.10. The number of likely N-dealkylation sites (tertiary alicyclic amines) is 1. The van der Waals surface area contributed by atoms with Gasteiger partial charge in [-0.15, -0.1) is 0 Å². The normalized spacial score (nSPS) is 27.9. The number of nitrogens with one attached hydrogen (secondary N) is 2. The summed E-state index contributed by atoms with van der Waals surface area (Å²) in [6.07, 6.45) is 5.12. The molecule has 2 atom stereocenters. The lowest BCUT2D eigenvalue weighted by molar-refractivity contribution is -0.134. The van der Waals surface area contributed by atoms with Crippen LogP contribution in [0.2, 0.25) is 0 Å². The Bertz CT molecular complexity index is 327.